The van der Waals surface area contributed by atoms with Crippen molar-refractivity contribution in [1.82, 2.24) is 25.0 Å². The second-order valence-corrected chi connectivity index (χ2v) is 5.04. The van der Waals surface area contributed by atoms with Gasteiger partial charge in [-0.2, -0.15) is 10.2 Å². The number of benzene rings is 1. The number of halogens is 1. The van der Waals surface area contributed by atoms with Gasteiger partial charge in [-0.15, -0.1) is 0 Å². The molecule has 22 heavy (non-hydrogen) atoms. The number of nitrogens with two attached hydrogens (primary N) is 1. The first-order valence-electron chi connectivity index (χ1n) is 6.88. The SMILES string of the molecule is Nc1nc2cc(-c3ccn[nH]3)ccc2c2cn(CCF)nc12. The smallest absolute Gasteiger partial charge is 0.152 e. The van der Waals surface area contributed by atoms with E-state index in [-0.39, 0.29) is 6.54 Å². The fraction of sp³-hybridized carbons (Fsp3) is 0.133. The molecule has 0 amide bonds. The molecule has 0 radical (unpaired) electrons. The zero-order valence-corrected chi connectivity index (χ0v) is 11.6. The minimum atomic E-state index is -0.469. The maximum atomic E-state index is 12.5. The van der Waals surface area contributed by atoms with Crippen LogP contribution in [0.15, 0.2) is 36.7 Å². The van der Waals surface area contributed by atoms with Gasteiger partial charge >= 0.3 is 0 Å². The van der Waals surface area contributed by atoms with E-state index in [0.717, 1.165) is 27.5 Å². The fourth-order valence-electron chi connectivity index (χ4n) is 2.63. The molecular weight excluding hydrogens is 283 g/mol. The Morgan fingerprint density at radius 3 is 2.91 bits per heavy atom. The predicted molar refractivity (Wildman–Crippen MR) is 83.0 cm³/mol. The molecule has 0 aliphatic rings. The molecule has 110 valence electrons. The maximum absolute atomic E-state index is 12.5. The van der Waals surface area contributed by atoms with Gasteiger partial charge in [-0.3, -0.25) is 9.78 Å². The molecule has 0 atom stereocenters. The van der Waals surface area contributed by atoms with E-state index in [9.17, 15) is 4.39 Å². The number of aromatic nitrogens is 5. The number of aryl methyl sites for hydroxylation is 1. The Balaban J connectivity index is 1.96. The molecule has 1 aromatic carbocycles. The number of anilines is 1. The van der Waals surface area contributed by atoms with Gasteiger partial charge in [-0.05, 0) is 12.1 Å². The monoisotopic (exact) mass is 296 g/mol. The highest BCUT2D eigenvalue weighted by Gasteiger charge is 2.12. The van der Waals surface area contributed by atoms with Gasteiger partial charge in [0, 0.05) is 28.7 Å². The van der Waals surface area contributed by atoms with Crippen molar-refractivity contribution in [2.45, 2.75) is 6.54 Å². The number of fused-ring (bicyclic) bond motifs is 3. The number of nitrogen functional groups attached to an aromatic ring is 1. The number of hydrogen-bond acceptors (Lipinski definition) is 4. The van der Waals surface area contributed by atoms with Crippen molar-refractivity contribution >= 4 is 27.6 Å². The molecule has 0 saturated carbocycles. The number of hydrogen-bond donors (Lipinski definition) is 2. The van der Waals surface area contributed by atoms with Crippen LogP contribution in [-0.2, 0) is 6.54 Å². The summed E-state index contributed by atoms with van der Waals surface area (Å²) in [7, 11) is 0. The van der Waals surface area contributed by atoms with Gasteiger partial charge in [0.1, 0.15) is 12.2 Å². The van der Waals surface area contributed by atoms with Crippen LogP contribution < -0.4 is 5.73 Å². The molecule has 0 aliphatic heterocycles. The molecule has 6 nitrogen and oxygen atoms in total. The van der Waals surface area contributed by atoms with Gasteiger partial charge in [-0.25, -0.2) is 9.37 Å². The minimum Gasteiger partial charge on any atom is -0.382 e. The van der Waals surface area contributed by atoms with Gasteiger partial charge in [0.05, 0.1) is 17.8 Å². The van der Waals surface area contributed by atoms with E-state index in [0.29, 0.717) is 11.3 Å². The Labute approximate surface area is 124 Å². The third kappa shape index (κ3) is 1.90. The molecular formula is C15H13FN6. The number of alkyl halides is 1. The van der Waals surface area contributed by atoms with Crippen LogP contribution in [0.5, 0.6) is 0 Å². The average molecular weight is 296 g/mol. The lowest BCUT2D eigenvalue weighted by molar-refractivity contribution is 0.428. The van der Waals surface area contributed by atoms with Crippen LogP contribution in [0.2, 0.25) is 0 Å². The van der Waals surface area contributed by atoms with E-state index in [1.807, 2.05) is 30.5 Å². The molecule has 0 unspecified atom stereocenters. The largest absolute Gasteiger partial charge is 0.382 e. The first kappa shape index (κ1) is 12.8. The predicted octanol–water partition coefficient (Wildman–Crippen LogP) is 2.53. The Bertz CT molecular complexity index is 957. The standard InChI is InChI=1S/C15H13FN6/c16-4-6-22-8-11-10-2-1-9(12-3-5-18-20-12)7-13(10)19-15(17)14(11)21-22/h1-3,5,7-8H,4,6H2,(H2,17,19)(H,18,20). The average Bonchev–Trinajstić information content (AvgIpc) is 3.17. The van der Waals surface area contributed by atoms with E-state index >= 15 is 0 Å². The summed E-state index contributed by atoms with van der Waals surface area (Å²) in [5.74, 6) is 0.349. The van der Waals surface area contributed by atoms with Crippen LogP contribution in [0.1, 0.15) is 0 Å². The van der Waals surface area contributed by atoms with Crippen LogP contribution in [0.4, 0.5) is 10.2 Å². The lowest BCUT2D eigenvalue weighted by Gasteiger charge is -2.03. The fourth-order valence-corrected chi connectivity index (χ4v) is 2.63. The van der Waals surface area contributed by atoms with E-state index < -0.39 is 6.67 Å². The zero-order valence-electron chi connectivity index (χ0n) is 11.6. The van der Waals surface area contributed by atoms with E-state index in [2.05, 4.69) is 20.3 Å². The highest BCUT2D eigenvalue weighted by molar-refractivity contribution is 6.08. The third-order valence-corrected chi connectivity index (χ3v) is 3.66. The molecule has 3 heterocycles. The highest BCUT2D eigenvalue weighted by atomic mass is 19.1. The summed E-state index contributed by atoms with van der Waals surface area (Å²) in [6.45, 7) is -0.259. The molecule has 7 heteroatoms. The topological polar surface area (TPSA) is 85.4 Å². The summed E-state index contributed by atoms with van der Waals surface area (Å²) in [6, 6.07) is 7.80. The normalized spacial score (nSPS) is 11.5. The van der Waals surface area contributed by atoms with Gasteiger partial charge in [0.2, 0.25) is 0 Å². The summed E-state index contributed by atoms with van der Waals surface area (Å²) in [6.07, 6.45) is 3.51. The van der Waals surface area contributed by atoms with Crippen molar-refractivity contribution in [3.05, 3.63) is 36.7 Å². The molecule has 3 N–H and O–H groups in total. The summed E-state index contributed by atoms with van der Waals surface area (Å²) in [4.78, 5) is 4.42. The molecule has 3 aromatic heterocycles. The Hall–Kier alpha value is -2.96. The maximum Gasteiger partial charge on any atom is 0.152 e. The molecule has 0 spiro atoms. The van der Waals surface area contributed by atoms with Crippen LogP contribution in [0.25, 0.3) is 33.1 Å². The van der Waals surface area contributed by atoms with E-state index in [4.69, 9.17) is 5.73 Å². The molecule has 0 bridgehead atoms. The van der Waals surface area contributed by atoms with Crippen LogP contribution >= 0.6 is 0 Å². The quantitative estimate of drug-likeness (QED) is 0.608. The highest BCUT2D eigenvalue weighted by Crippen LogP contribution is 2.29. The summed E-state index contributed by atoms with van der Waals surface area (Å²) < 4.78 is 14.1. The van der Waals surface area contributed by atoms with E-state index in [1.165, 1.54) is 0 Å². The Morgan fingerprint density at radius 2 is 2.14 bits per heavy atom. The Kier molecular flexibility index (Phi) is 2.78. The van der Waals surface area contributed by atoms with Gasteiger partial charge in [0.25, 0.3) is 0 Å². The van der Waals surface area contributed by atoms with Gasteiger partial charge < -0.3 is 5.73 Å². The lowest BCUT2D eigenvalue weighted by atomic mass is 10.1. The Morgan fingerprint density at radius 1 is 1.23 bits per heavy atom. The number of pyridine rings is 1. The second-order valence-electron chi connectivity index (χ2n) is 5.04. The van der Waals surface area contributed by atoms with Gasteiger partial charge in [-0.1, -0.05) is 12.1 Å². The van der Waals surface area contributed by atoms with Crippen molar-refractivity contribution in [2.24, 2.45) is 0 Å². The third-order valence-electron chi connectivity index (χ3n) is 3.66. The zero-order chi connectivity index (χ0) is 15.1. The second kappa shape index (κ2) is 4.80. The van der Waals surface area contributed by atoms with Crippen molar-refractivity contribution in [3.63, 3.8) is 0 Å². The summed E-state index contributed by atoms with van der Waals surface area (Å²) in [5.41, 5.74) is 9.27. The molecule has 4 aromatic rings. The first-order valence-corrected chi connectivity index (χ1v) is 6.88. The minimum absolute atomic E-state index is 0.210. The van der Waals surface area contributed by atoms with Crippen molar-refractivity contribution < 1.29 is 4.39 Å². The van der Waals surface area contributed by atoms with Crippen molar-refractivity contribution in [1.29, 1.82) is 0 Å². The molecule has 0 saturated heterocycles. The lowest BCUT2D eigenvalue weighted by Crippen LogP contribution is -1.99. The summed E-state index contributed by atoms with van der Waals surface area (Å²) in [5, 5.41) is 13.0. The number of aromatic amines is 1. The molecule has 0 fully saturated rings. The van der Waals surface area contributed by atoms with Crippen LogP contribution in [0.3, 0.4) is 0 Å². The number of H-pyrrole nitrogens is 1. The number of rotatable bonds is 3. The number of nitrogens with zero attached hydrogens (tertiary/aromatic N) is 4. The van der Waals surface area contributed by atoms with Gasteiger partial charge in [0.15, 0.2) is 5.82 Å². The van der Waals surface area contributed by atoms with Crippen molar-refractivity contribution in [2.75, 3.05) is 12.4 Å². The molecule has 0 aliphatic carbocycles. The van der Waals surface area contributed by atoms with Crippen molar-refractivity contribution in [3.8, 4) is 11.3 Å². The van der Waals surface area contributed by atoms with Crippen LogP contribution in [-0.4, -0.2) is 31.6 Å². The van der Waals surface area contributed by atoms with Crippen LogP contribution in [0, 0.1) is 0 Å². The number of nitrogens with one attached hydrogen (secondary N) is 1. The summed E-state index contributed by atoms with van der Waals surface area (Å²) >= 11 is 0. The van der Waals surface area contributed by atoms with E-state index in [1.54, 1.807) is 10.9 Å². The molecule has 4 rings (SSSR count). The first-order chi connectivity index (χ1) is 10.8.